The van der Waals surface area contributed by atoms with Gasteiger partial charge in [0.1, 0.15) is 17.6 Å². The van der Waals surface area contributed by atoms with E-state index in [1.807, 2.05) is 24.6 Å². The molecule has 0 radical (unpaired) electrons. The molecule has 1 atom stereocenters. The third kappa shape index (κ3) is 3.74. The van der Waals surface area contributed by atoms with Crippen molar-refractivity contribution in [2.45, 2.75) is 26.8 Å². The van der Waals surface area contributed by atoms with Crippen LogP contribution >= 0.6 is 11.3 Å². The highest BCUT2D eigenvalue weighted by atomic mass is 32.1. The quantitative estimate of drug-likeness (QED) is 0.837. The number of nitriles is 1. The maximum absolute atomic E-state index is 9.16. The number of aryl methyl sites for hydroxylation is 2. The van der Waals surface area contributed by atoms with E-state index >= 15 is 0 Å². The summed E-state index contributed by atoms with van der Waals surface area (Å²) >= 11 is 1.73. The van der Waals surface area contributed by atoms with Crippen molar-refractivity contribution in [2.24, 2.45) is 5.92 Å². The first-order chi connectivity index (χ1) is 11.6. The van der Waals surface area contributed by atoms with Crippen LogP contribution < -0.4 is 4.90 Å². The van der Waals surface area contributed by atoms with Gasteiger partial charge in [-0.1, -0.05) is 6.07 Å². The lowest BCUT2D eigenvalue weighted by atomic mass is 10.1. The molecule has 1 saturated heterocycles. The number of pyridine rings is 1. The summed E-state index contributed by atoms with van der Waals surface area (Å²) in [7, 11) is 2.18. The van der Waals surface area contributed by atoms with Crippen LogP contribution in [0.3, 0.4) is 0 Å². The van der Waals surface area contributed by atoms with Crippen molar-refractivity contribution in [1.29, 1.82) is 5.26 Å². The summed E-state index contributed by atoms with van der Waals surface area (Å²) in [6.07, 6.45) is 1.17. The Labute approximate surface area is 147 Å². The summed E-state index contributed by atoms with van der Waals surface area (Å²) < 4.78 is 0. The van der Waals surface area contributed by atoms with E-state index in [0.717, 1.165) is 43.3 Å². The van der Waals surface area contributed by atoms with Crippen molar-refractivity contribution in [3.8, 4) is 6.07 Å². The third-order valence-corrected chi connectivity index (χ3v) is 5.55. The Bertz CT molecular complexity index is 748. The van der Waals surface area contributed by atoms with Crippen LogP contribution in [0.25, 0.3) is 0 Å². The number of anilines is 1. The number of aromatic nitrogens is 2. The van der Waals surface area contributed by atoms with Gasteiger partial charge in [0.25, 0.3) is 0 Å². The highest BCUT2D eigenvalue weighted by Gasteiger charge is 2.25. The van der Waals surface area contributed by atoms with E-state index in [-0.39, 0.29) is 0 Å². The molecule has 24 heavy (non-hydrogen) atoms. The van der Waals surface area contributed by atoms with Crippen LogP contribution in [0.4, 0.5) is 5.82 Å². The lowest BCUT2D eigenvalue weighted by Crippen LogP contribution is -2.28. The van der Waals surface area contributed by atoms with Crippen LogP contribution in [0.2, 0.25) is 0 Å². The predicted molar refractivity (Wildman–Crippen MR) is 97.2 cm³/mol. The Kier molecular flexibility index (Phi) is 5.12. The second kappa shape index (κ2) is 7.29. The molecule has 5 nitrogen and oxygen atoms in total. The number of hydrogen-bond donors (Lipinski definition) is 0. The molecule has 0 unspecified atom stereocenters. The molecule has 3 rings (SSSR count). The molecule has 1 fully saturated rings. The summed E-state index contributed by atoms with van der Waals surface area (Å²) in [5.41, 5.74) is 4.55. The van der Waals surface area contributed by atoms with Gasteiger partial charge in [-0.25, -0.2) is 9.97 Å². The van der Waals surface area contributed by atoms with E-state index in [4.69, 9.17) is 5.26 Å². The Balaban J connectivity index is 1.57. The molecule has 6 heteroatoms. The normalized spacial score (nSPS) is 17.5. The first-order valence-corrected chi connectivity index (χ1v) is 9.15. The minimum atomic E-state index is 0.536. The zero-order valence-corrected chi connectivity index (χ0v) is 15.3. The molecule has 0 saturated carbocycles. The van der Waals surface area contributed by atoms with Crippen molar-refractivity contribution in [3.63, 3.8) is 0 Å². The molecule has 0 aromatic carbocycles. The molecule has 1 aliphatic rings. The van der Waals surface area contributed by atoms with Crippen molar-refractivity contribution >= 4 is 17.2 Å². The summed E-state index contributed by atoms with van der Waals surface area (Å²) in [6, 6.07) is 6.21. The molecule has 2 aromatic heterocycles. The van der Waals surface area contributed by atoms with Gasteiger partial charge in [-0.15, -0.1) is 11.3 Å². The standard InChI is InChI=1S/C18H23N5S/c1-13-4-5-18(21-16(13)8-19)23-7-6-15(10-23)9-22(3)11-17-14(2)20-12-24-17/h4-5,12,15H,6-7,9-11H2,1-3H3/t15-/m0/s1. The summed E-state index contributed by atoms with van der Waals surface area (Å²) in [4.78, 5) is 14.9. The van der Waals surface area contributed by atoms with Gasteiger partial charge in [0.15, 0.2) is 0 Å². The summed E-state index contributed by atoms with van der Waals surface area (Å²) in [5, 5.41) is 9.16. The largest absolute Gasteiger partial charge is 0.356 e. The molecule has 2 aromatic rings. The summed E-state index contributed by atoms with van der Waals surface area (Å²) in [6.45, 7) is 8.07. The molecule has 0 aliphatic carbocycles. The number of nitrogens with zero attached hydrogens (tertiary/aromatic N) is 5. The minimum absolute atomic E-state index is 0.536. The lowest BCUT2D eigenvalue weighted by molar-refractivity contribution is 0.281. The Morgan fingerprint density at radius 1 is 1.42 bits per heavy atom. The molecule has 0 spiro atoms. The van der Waals surface area contributed by atoms with E-state index in [9.17, 15) is 0 Å². The SMILES string of the molecule is Cc1ccc(N2CC[C@@H](CN(C)Cc3scnc3C)C2)nc1C#N. The third-order valence-electron chi connectivity index (χ3n) is 4.63. The highest BCUT2D eigenvalue weighted by molar-refractivity contribution is 7.09. The van der Waals surface area contributed by atoms with E-state index in [0.29, 0.717) is 11.6 Å². The topological polar surface area (TPSA) is 56.1 Å². The Morgan fingerprint density at radius 2 is 2.25 bits per heavy atom. The molecular formula is C18H23N5S. The van der Waals surface area contributed by atoms with E-state index in [1.165, 1.54) is 11.3 Å². The van der Waals surface area contributed by atoms with E-state index in [2.05, 4.69) is 39.8 Å². The fraction of sp³-hybridized carbons (Fsp3) is 0.500. The molecule has 3 heterocycles. The van der Waals surface area contributed by atoms with Crippen LogP contribution in [0.1, 0.15) is 28.2 Å². The molecule has 0 bridgehead atoms. The Hall–Kier alpha value is -1.97. The van der Waals surface area contributed by atoms with Gasteiger partial charge < -0.3 is 9.80 Å². The summed E-state index contributed by atoms with van der Waals surface area (Å²) in [5.74, 6) is 1.57. The molecule has 0 N–H and O–H groups in total. The average molecular weight is 341 g/mol. The van der Waals surface area contributed by atoms with Gasteiger partial charge in [-0.05, 0) is 44.9 Å². The number of thiazole rings is 1. The van der Waals surface area contributed by atoms with Gasteiger partial charge in [0.05, 0.1) is 11.2 Å². The molecule has 1 aliphatic heterocycles. The molecule has 126 valence electrons. The number of rotatable bonds is 5. The fourth-order valence-corrected chi connectivity index (χ4v) is 4.08. The van der Waals surface area contributed by atoms with Crippen molar-refractivity contribution < 1.29 is 0 Å². The maximum atomic E-state index is 9.16. The first-order valence-electron chi connectivity index (χ1n) is 8.27. The van der Waals surface area contributed by atoms with Crippen LogP contribution in [0.15, 0.2) is 17.6 Å². The molecular weight excluding hydrogens is 318 g/mol. The fourth-order valence-electron chi connectivity index (χ4n) is 3.23. The van der Waals surface area contributed by atoms with E-state index in [1.54, 1.807) is 11.3 Å². The monoisotopic (exact) mass is 341 g/mol. The van der Waals surface area contributed by atoms with Gasteiger partial charge in [-0.2, -0.15) is 5.26 Å². The lowest BCUT2D eigenvalue weighted by Gasteiger charge is -2.22. The zero-order chi connectivity index (χ0) is 17.1. The second-order valence-corrected chi connectivity index (χ2v) is 7.54. The van der Waals surface area contributed by atoms with Crippen LogP contribution in [-0.4, -0.2) is 41.5 Å². The van der Waals surface area contributed by atoms with Crippen LogP contribution in [-0.2, 0) is 6.54 Å². The van der Waals surface area contributed by atoms with Crippen molar-refractivity contribution in [1.82, 2.24) is 14.9 Å². The second-order valence-electron chi connectivity index (χ2n) is 6.61. The van der Waals surface area contributed by atoms with Gasteiger partial charge in [-0.3, -0.25) is 0 Å². The highest BCUT2D eigenvalue weighted by Crippen LogP contribution is 2.24. The maximum Gasteiger partial charge on any atom is 0.145 e. The van der Waals surface area contributed by atoms with E-state index < -0.39 is 0 Å². The Morgan fingerprint density at radius 3 is 2.96 bits per heavy atom. The number of hydrogen-bond acceptors (Lipinski definition) is 6. The zero-order valence-electron chi connectivity index (χ0n) is 14.5. The van der Waals surface area contributed by atoms with Crippen molar-refractivity contribution in [2.75, 3.05) is 31.6 Å². The molecule has 0 amide bonds. The smallest absolute Gasteiger partial charge is 0.145 e. The van der Waals surface area contributed by atoms with Gasteiger partial charge in [0, 0.05) is 31.1 Å². The van der Waals surface area contributed by atoms with Crippen molar-refractivity contribution in [3.05, 3.63) is 39.5 Å². The average Bonchev–Trinajstić information content (AvgIpc) is 3.18. The van der Waals surface area contributed by atoms with Crippen LogP contribution in [0, 0.1) is 31.1 Å². The van der Waals surface area contributed by atoms with Gasteiger partial charge >= 0.3 is 0 Å². The predicted octanol–water partition coefficient (Wildman–Crippen LogP) is 2.98. The first kappa shape index (κ1) is 16.9. The minimum Gasteiger partial charge on any atom is -0.356 e. The van der Waals surface area contributed by atoms with Gasteiger partial charge in [0.2, 0.25) is 0 Å². The van der Waals surface area contributed by atoms with Crippen LogP contribution in [0.5, 0.6) is 0 Å².